The summed E-state index contributed by atoms with van der Waals surface area (Å²) in [6.45, 7) is 5.19. The molecule has 1 saturated heterocycles. The fraction of sp³-hybridized carbons (Fsp3) is 0.545. The molecule has 150 valence electrons. The van der Waals surface area contributed by atoms with Crippen molar-refractivity contribution in [3.8, 4) is 0 Å². The maximum Gasteiger partial charge on any atom is 0.289 e. The van der Waals surface area contributed by atoms with E-state index in [4.69, 9.17) is 4.42 Å². The Morgan fingerprint density at radius 1 is 1.21 bits per heavy atom. The number of carbonyl (C=O) groups excluding carboxylic acids is 2. The molecule has 4 atom stereocenters. The fourth-order valence-corrected chi connectivity index (χ4v) is 4.68. The smallest absolute Gasteiger partial charge is 0.289 e. The third kappa shape index (κ3) is 3.65. The largest absolute Gasteiger partial charge is 0.451 e. The number of fused-ring (bicyclic) bond motifs is 3. The number of aliphatic hydroxyl groups is 1. The number of hydrogen-bond acceptors (Lipinski definition) is 4. The lowest BCUT2D eigenvalue weighted by atomic mass is 9.91. The average Bonchev–Trinajstić information content (AvgIpc) is 3.18. The van der Waals surface area contributed by atoms with Crippen molar-refractivity contribution in [2.24, 2.45) is 17.8 Å². The summed E-state index contributed by atoms with van der Waals surface area (Å²) >= 11 is 0. The van der Waals surface area contributed by atoms with Gasteiger partial charge in [-0.1, -0.05) is 32.0 Å². The van der Waals surface area contributed by atoms with E-state index in [2.05, 4.69) is 5.32 Å². The number of benzene rings is 1. The van der Waals surface area contributed by atoms with E-state index < -0.39 is 6.10 Å². The van der Waals surface area contributed by atoms with Crippen molar-refractivity contribution in [1.82, 2.24) is 10.2 Å². The number of nitrogens with zero attached hydrogens (tertiary/aromatic N) is 1. The van der Waals surface area contributed by atoms with E-state index in [0.717, 1.165) is 23.8 Å². The third-order valence-corrected chi connectivity index (χ3v) is 6.06. The Kier molecular flexibility index (Phi) is 5.15. The lowest BCUT2D eigenvalue weighted by molar-refractivity contribution is -0.131. The van der Waals surface area contributed by atoms with Crippen LogP contribution >= 0.6 is 0 Å². The first-order valence-corrected chi connectivity index (χ1v) is 10.2. The zero-order valence-corrected chi connectivity index (χ0v) is 16.4. The van der Waals surface area contributed by atoms with Crippen LogP contribution < -0.4 is 5.32 Å². The number of piperidine rings is 1. The molecule has 1 aromatic carbocycles. The van der Waals surface area contributed by atoms with Crippen molar-refractivity contribution in [2.75, 3.05) is 13.1 Å². The number of aliphatic hydroxyl groups excluding tert-OH is 1. The van der Waals surface area contributed by atoms with Gasteiger partial charge in [-0.15, -0.1) is 0 Å². The number of furan rings is 1. The second-order valence-electron chi connectivity index (χ2n) is 8.64. The predicted octanol–water partition coefficient (Wildman–Crippen LogP) is 2.81. The van der Waals surface area contributed by atoms with Crippen LogP contribution in [0.4, 0.5) is 0 Å². The molecule has 1 saturated carbocycles. The van der Waals surface area contributed by atoms with Crippen LogP contribution in [-0.2, 0) is 4.79 Å². The molecule has 1 aromatic heterocycles. The SMILES string of the molecule is CC(C)CC(O)C(=O)NC1[C@@H]2CC[C@H]1CN(C(=O)c1cc3ccccc3o1)C2. The first-order valence-electron chi connectivity index (χ1n) is 10.2. The van der Waals surface area contributed by atoms with Gasteiger partial charge in [-0.2, -0.15) is 0 Å². The molecule has 2 amide bonds. The first-order chi connectivity index (χ1) is 13.4. The Balaban J connectivity index is 1.42. The molecule has 6 nitrogen and oxygen atoms in total. The lowest BCUT2D eigenvalue weighted by Crippen LogP contribution is -2.55. The van der Waals surface area contributed by atoms with Gasteiger partial charge in [-0.25, -0.2) is 0 Å². The van der Waals surface area contributed by atoms with E-state index in [-0.39, 0.29) is 35.6 Å². The molecule has 4 rings (SSSR count). The topological polar surface area (TPSA) is 82.8 Å². The highest BCUT2D eigenvalue weighted by atomic mass is 16.3. The van der Waals surface area contributed by atoms with Gasteiger partial charge in [0.1, 0.15) is 11.7 Å². The minimum atomic E-state index is -0.963. The van der Waals surface area contributed by atoms with Crippen LogP contribution in [0.2, 0.25) is 0 Å². The molecule has 2 unspecified atom stereocenters. The molecule has 1 aliphatic carbocycles. The molecular weight excluding hydrogens is 356 g/mol. The van der Waals surface area contributed by atoms with Crippen molar-refractivity contribution >= 4 is 22.8 Å². The van der Waals surface area contributed by atoms with Crippen LogP contribution in [0.5, 0.6) is 0 Å². The molecule has 28 heavy (non-hydrogen) atoms. The van der Waals surface area contributed by atoms with E-state index in [0.29, 0.717) is 25.3 Å². The monoisotopic (exact) mass is 384 g/mol. The summed E-state index contributed by atoms with van der Waals surface area (Å²) in [6.07, 6.45) is 1.47. The van der Waals surface area contributed by atoms with Crippen molar-refractivity contribution < 1.29 is 19.1 Å². The third-order valence-electron chi connectivity index (χ3n) is 6.06. The van der Waals surface area contributed by atoms with E-state index in [9.17, 15) is 14.7 Å². The summed E-state index contributed by atoms with van der Waals surface area (Å²) in [7, 11) is 0. The van der Waals surface area contributed by atoms with E-state index in [1.54, 1.807) is 6.07 Å². The highest BCUT2D eigenvalue weighted by Gasteiger charge is 2.44. The van der Waals surface area contributed by atoms with Gasteiger partial charge in [0.15, 0.2) is 5.76 Å². The quantitative estimate of drug-likeness (QED) is 0.830. The summed E-state index contributed by atoms with van der Waals surface area (Å²) in [4.78, 5) is 27.2. The van der Waals surface area contributed by atoms with Crippen LogP contribution in [0.25, 0.3) is 11.0 Å². The molecule has 2 fully saturated rings. The highest BCUT2D eigenvalue weighted by Crippen LogP contribution is 2.37. The van der Waals surface area contributed by atoms with Crippen molar-refractivity contribution in [3.63, 3.8) is 0 Å². The Labute approximate surface area is 164 Å². The summed E-state index contributed by atoms with van der Waals surface area (Å²) < 4.78 is 5.74. The minimum absolute atomic E-state index is 0.0361. The van der Waals surface area contributed by atoms with Crippen LogP contribution in [0.15, 0.2) is 34.7 Å². The molecule has 2 aliphatic rings. The summed E-state index contributed by atoms with van der Waals surface area (Å²) in [5.74, 6) is 0.714. The number of rotatable bonds is 5. The number of amides is 2. The zero-order chi connectivity index (χ0) is 19.8. The summed E-state index contributed by atoms with van der Waals surface area (Å²) in [6, 6.07) is 9.45. The van der Waals surface area contributed by atoms with Crippen LogP contribution in [-0.4, -0.2) is 47.1 Å². The Bertz CT molecular complexity index is 827. The van der Waals surface area contributed by atoms with Crippen LogP contribution in [0.1, 0.15) is 43.7 Å². The molecule has 1 aliphatic heterocycles. The number of likely N-dealkylation sites (tertiary alicyclic amines) is 1. The maximum absolute atomic E-state index is 13.0. The molecule has 0 spiro atoms. The number of carbonyl (C=O) groups is 2. The molecule has 2 bridgehead atoms. The number of hydrogen-bond donors (Lipinski definition) is 2. The van der Waals surface area contributed by atoms with Crippen LogP contribution in [0, 0.1) is 17.8 Å². The highest BCUT2D eigenvalue weighted by molar-refractivity contribution is 5.96. The number of nitrogens with one attached hydrogen (secondary N) is 1. The second-order valence-corrected chi connectivity index (χ2v) is 8.64. The molecular formula is C22H28N2O4. The van der Waals surface area contributed by atoms with E-state index in [1.807, 2.05) is 43.0 Å². The van der Waals surface area contributed by atoms with E-state index >= 15 is 0 Å². The molecule has 2 aromatic rings. The predicted molar refractivity (Wildman–Crippen MR) is 106 cm³/mol. The van der Waals surface area contributed by atoms with Gasteiger partial charge in [-0.3, -0.25) is 9.59 Å². The molecule has 6 heteroatoms. The maximum atomic E-state index is 13.0. The van der Waals surface area contributed by atoms with Gasteiger partial charge < -0.3 is 19.7 Å². The molecule has 0 radical (unpaired) electrons. The van der Waals surface area contributed by atoms with Crippen molar-refractivity contribution in [1.29, 1.82) is 0 Å². The van der Waals surface area contributed by atoms with E-state index in [1.165, 1.54) is 0 Å². The van der Waals surface area contributed by atoms with Gasteiger partial charge >= 0.3 is 0 Å². The zero-order valence-electron chi connectivity index (χ0n) is 16.4. The summed E-state index contributed by atoms with van der Waals surface area (Å²) in [5.41, 5.74) is 0.718. The van der Waals surface area contributed by atoms with Crippen molar-refractivity contribution in [3.05, 3.63) is 36.1 Å². The van der Waals surface area contributed by atoms with Gasteiger partial charge in [0, 0.05) is 24.5 Å². The van der Waals surface area contributed by atoms with Gasteiger partial charge in [0.05, 0.1) is 0 Å². The lowest BCUT2D eigenvalue weighted by Gasteiger charge is -2.38. The van der Waals surface area contributed by atoms with Gasteiger partial charge in [-0.05, 0) is 49.1 Å². The first kappa shape index (κ1) is 19.0. The van der Waals surface area contributed by atoms with Gasteiger partial charge in [0.25, 0.3) is 5.91 Å². The standard InChI is InChI=1S/C22H28N2O4/c1-13(2)9-17(25)21(26)23-20-15-7-8-16(20)12-24(11-15)22(27)19-10-14-5-3-4-6-18(14)28-19/h3-6,10,13,15-17,20,25H,7-9,11-12H2,1-2H3,(H,23,26)/t15-,16+,17?,20?. The summed E-state index contributed by atoms with van der Waals surface area (Å²) in [5, 5.41) is 14.1. The number of para-hydroxylation sites is 1. The molecule has 2 N–H and O–H groups in total. The molecule has 2 heterocycles. The Morgan fingerprint density at radius 2 is 1.89 bits per heavy atom. The minimum Gasteiger partial charge on any atom is -0.451 e. The van der Waals surface area contributed by atoms with Gasteiger partial charge in [0.2, 0.25) is 5.91 Å². The average molecular weight is 384 g/mol. The Hall–Kier alpha value is -2.34. The Morgan fingerprint density at radius 3 is 2.54 bits per heavy atom. The normalized spacial score (nSPS) is 25.3. The van der Waals surface area contributed by atoms with Crippen molar-refractivity contribution in [2.45, 2.75) is 45.3 Å². The van der Waals surface area contributed by atoms with Crippen LogP contribution in [0.3, 0.4) is 0 Å². The second kappa shape index (κ2) is 7.59. The fourth-order valence-electron chi connectivity index (χ4n) is 4.68.